The fourth-order valence-electron chi connectivity index (χ4n) is 7.28. The molecule has 1 amide bonds. The van der Waals surface area contributed by atoms with Crippen LogP contribution in [0.1, 0.15) is 38.5 Å². The van der Waals surface area contributed by atoms with Gasteiger partial charge in [-0.25, -0.2) is 4.52 Å². The highest BCUT2D eigenvalue weighted by molar-refractivity contribution is 5.76. The Balaban J connectivity index is 1.02. The van der Waals surface area contributed by atoms with Gasteiger partial charge in [0.05, 0.1) is 29.1 Å². The second kappa shape index (κ2) is 10.6. The predicted molar refractivity (Wildman–Crippen MR) is 155 cm³/mol. The van der Waals surface area contributed by atoms with Crippen molar-refractivity contribution in [2.75, 3.05) is 63.1 Å². The van der Waals surface area contributed by atoms with Crippen LogP contribution in [0.4, 0.5) is 17.3 Å². The molecule has 41 heavy (non-hydrogen) atoms. The quantitative estimate of drug-likeness (QED) is 0.467. The normalized spacial score (nSPS) is 24.7. The van der Waals surface area contributed by atoms with Gasteiger partial charge in [-0.1, -0.05) is 12.8 Å². The zero-order valence-electron chi connectivity index (χ0n) is 23.8. The number of hydrogen-bond acceptors (Lipinski definition) is 9. The molecule has 6 heterocycles. The first-order valence-electron chi connectivity index (χ1n) is 15.0. The number of nitriles is 1. The summed E-state index contributed by atoms with van der Waals surface area (Å²) in [5.41, 5.74) is 2.51. The average Bonchev–Trinajstić information content (AvgIpc) is 3.76. The summed E-state index contributed by atoms with van der Waals surface area (Å²) in [6.07, 6.45) is 12.3. The standard InChI is InChI=1S/C29H39N11O/c1-35-11-13-36(14-12-35)26(41)19-38-16-22(15-31-38)32-28-33-27-25(5-4-10-40(27)34-28)37-17-23-6-7-24(18-37)39(23)21-29(20-30)8-2-3-9-29/h4-5,10,15-16,23-24H,2-3,6-9,11-14,17-19,21H2,1H3,(H,32,34). The van der Waals surface area contributed by atoms with Gasteiger partial charge in [0.2, 0.25) is 11.9 Å². The van der Waals surface area contributed by atoms with E-state index in [0.29, 0.717) is 18.0 Å². The van der Waals surface area contributed by atoms with Gasteiger partial charge in [0.25, 0.3) is 0 Å². The molecular weight excluding hydrogens is 518 g/mol. The maximum atomic E-state index is 12.7. The molecule has 1 N–H and O–H groups in total. The molecule has 0 aromatic carbocycles. The van der Waals surface area contributed by atoms with Crippen LogP contribution in [0.2, 0.25) is 0 Å². The molecule has 2 unspecified atom stereocenters. The molecule has 3 aromatic heterocycles. The zero-order valence-corrected chi connectivity index (χ0v) is 23.8. The van der Waals surface area contributed by atoms with Crippen LogP contribution >= 0.6 is 0 Å². The van der Waals surface area contributed by atoms with Crippen molar-refractivity contribution in [1.82, 2.24) is 39.1 Å². The lowest BCUT2D eigenvalue weighted by Gasteiger charge is -2.44. The van der Waals surface area contributed by atoms with Gasteiger partial charge >= 0.3 is 0 Å². The predicted octanol–water partition coefficient (Wildman–Crippen LogP) is 2.18. The highest BCUT2D eigenvalue weighted by atomic mass is 16.2. The Labute approximate surface area is 240 Å². The van der Waals surface area contributed by atoms with Gasteiger partial charge in [0.1, 0.15) is 6.54 Å². The number of aromatic nitrogens is 5. The highest BCUT2D eigenvalue weighted by Gasteiger charge is 2.45. The lowest BCUT2D eigenvalue weighted by Crippen LogP contribution is -2.56. The number of nitrogens with one attached hydrogen (secondary N) is 1. The largest absolute Gasteiger partial charge is 0.365 e. The number of carbonyl (C=O) groups is 1. The summed E-state index contributed by atoms with van der Waals surface area (Å²) < 4.78 is 3.50. The maximum absolute atomic E-state index is 12.7. The van der Waals surface area contributed by atoms with Gasteiger partial charge in [-0.15, -0.1) is 5.10 Å². The first kappa shape index (κ1) is 26.2. The monoisotopic (exact) mass is 557 g/mol. The molecule has 7 rings (SSSR count). The molecule has 4 aliphatic rings. The van der Waals surface area contributed by atoms with Crippen molar-refractivity contribution in [3.8, 4) is 6.07 Å². The minimum absolute atomic E-state index is 0.0864. The van der Waals surface area contributed by atoms with E-state index in [2.05, 4.69) is 49.4 Å². The van der Waals surface area contributed by atoms with E-state index in [9.17, 15) is 10.1 Å². The van der Waals surface area contributed by atoms with Crippen LogP contribution in [-0.2, 0) is 11.3 Å². The van der Waals surface area contributed by atoms with Crippen molar-refractivity contribution in [2.24, 2.45) is 5.41 Å². The number of carbonyl (C=O) groups excluding carboxylic acids is 1. The SMILES string of the molecule is CN1CCN(C(=O)Cn2cc(Nc3nc4c(N5CC6CCC(C5)N6CC5(C#N)CCCC5)cccn4n3)cn2)CC1. The van der Waals surface area contributed by atoms with Gasteiger partial charge in [-0.05, 0) is 44.9 Å². The number of rotatable bonds is 7. The second-order valence-corrected chi connectivity index (χ2v) is 12.4. The summed E-state index contributed by atoms with van der Waals surface area (Å²) in [7, 11) is 2.08. The van der Waals surface area contributed by atoms with Gasteiger partial charge in [0, 0.05) is 70.3 Å². The molecule has 1 saturated carbocycles. The fraction of sp³-hybridized carbons (Fsp3) is 0.621. The fourth-order valence-corrected chi connectivity index (χ4v) is 7.28. The Kier molecular flexibility index (Phi) is 6.79. The van der Waals surface area contributed by atoms with Crippen molar-refractivity contribution >= 4 is 28.9 Å². The maximum Gasteiger partial charge on any atom is 0.247 e. The van der Waals surface area contributed by atoms with Crippen LogP contribution < -0.4 is 10.2 Å². The van der Waals surface area contributed by atoms with Gasteiger partial charge in [-0.2, -0.15) is 15.3 Å². The minimum Gasteiger partial charge on any atom is -0.365 e. The van der Waals surface area contributed by atoms with E-state index in [0.717, 1.165) is 75.7 Å². The Bertz CT molecular complexity index is 1430. The Morgan fingerprint density at radius 3 is 2.63 bits per heavy atom. The van der Waals surface area contributed by atoms with Crippen molar-refractivity contribution in [3.63, 3.8) is 0 Å². The average molecular weight is 558 g/mol. The van der Waals surface area contributed by atoms with Gasteiger partial charge in [0.15, 0.2) is 5.65 Å². The Hall–Kier alpha value is -3.69. The van der Waals surface area contributed by atoms with Gasteiger partial charge in [-0.3, -0.25) is 14.4 Å². The number of hydrogen-bond donors (Lipinski definition) is 1. The molecule has 1 aliphatic carbocycles. The van der Waals surface area contributed by atoms with Gasteiger partial charge < -0.3 is 20.0 Å². The third-order valence-corrected chi connectivity index (χ3v) is 9.64. The van der Waals surface area contributed by atoms with E-state index in [4.69, 9.17) is 4.98 Å². The molecule has 2 bridgehead atoms. The number of anilines is 3. The third-order valence-electron chi connectivity index (χ3n) is 9.64. The molecule has 3 aromatic rings. The third kappa shape index (κ3) is 5.13. The number of amides is 1. The summed E-state index contributed by atoms with van der Waals surface area (Å²) in [5.74, 6) is 0.588. The van der Waals surface area contributed by atoms with E-state index in [1.54, 1.807) is 10.9 Å². The molecule has 216 valence electrons. The minimum atomic E-state index is -0.151. The molecule has 3 aliphatic heterocycles. The van der Waals surface area contributed by atoms with Crippen LogP contribution in [-0.4, -0.2) is 110 Å². The lowest BCUT2D eigenvalue weighted by molar-refractivity contribution is -0.133. The summed E-state index contributed by atoms with van der Waals surface area (Å²) in [4.78, 5) is 26.8. The molecule has 12 heteroatoms. The lowest BCUT2D eigenvalue weighted by atomic mass is 9.86. The van der Waals surface area contributed by atoms with E-state index in [1.807, 2.05) is 27.9 Å². The topological polar surface area (TPSA) is 114 Å². The van der Waals surface area contributed by atoms with E-state index in [1.165, 1.54) is 25.7 Å². The molecule has 3 saturated heterocycles. The summed E-state index contributed by atoms with van der Waals surface area (Å²) in [5, 5.41) is 22.3. The van der Waals surface area contributed by atoms with E-state index < -0.39 is 0 Å². The van der Waals surface area contributed by atoms with E-state index >= 15 is 0 Å². The summed E-state index contributed by atoms with van der Waals surface area (Å²) in [6, 6.07) is 7.81. The van der Waals surface area contributed by atoms with Crippen LogP contribution in [0.25, 0.3) is 5.65 Å². The molecular formula is C29H39N11O. The van der Waals surface area contributed by atoms with Crippen LogP contribution in [0, 0.1) is 16.7 Å². The number of nitrogens with zero attached hydrogens (tertiary/aromatic N) is 10. The molecule has 0 spiro atoms. The van der Waals surface area contributed by atoms with Crippen LogP contribution in [0.15, 0.2) is 30.7 Å². The molecule has 12 nitrogen and oxygen atoms in total. The molecule has 2 atom stereocenters. The van der Waals surface area contributed by atoms with Crippen molar-refractivity contribution in [3.05, 3.63) is 30.7 Å². The second-order valence-electron chi connectivity index (χ2n) is 12.4. The summed E-state index contributed by atoms with van der Waals surface area (Å²) >= 11 is 0. The number of likely N-dealkylation sites (N-methyl/N-ethyl adjacent to an activating group) is 1. The summed E-state index contributed by atoms with van der Waals surface area (Å²) in [6.45, 7) is 6.35. The smallest absolute Gasteiger partial charge is 0.247 e. The van der Waals surface area contributed by atoms with Crippen LogP contribution in [0.3, 0.4) is 0 Å². The Morgan fingerprint density at radius 2 is 1.90 bits per heavy atom. The van der Waals surface area contributed by atoms with Crippen LogP contribution in [0.5, 0.6) is 0 Å². The zero-order chi connectivity index (χ0) is 28.0. The van der Waals surface area contributed by atoms with Crippen molar-refractivity contribution in [2.45, 2.75) is 57.2 Å². The molecule has 4 fully saturated rings. The number of pyridine rings is 1. The van der Waals surface area contributed by atoms with E-state index in [-0.39, 0.29) is 17.9 Å². The number of fused-ring (bicyclic) bond motifs is 3. The van der Waals surface area contributed by atoms with Crippen molar-refractivity contribution < 1.29 is 4.79 Å². The molecule has 0 radical (unpaired) electrons. The highest BCUT2D eigenvalue weighted by Crippen LogP contribution is 2.42. The number of piperazine rings is 2. The first-order chi connectivity index (χ1) is 20.0. The first-order valence-corrected chi connectivity index (χ1v) is 15.0. The van der Waals surface area contributed by atoms with Crippen molar-refractivity contribution in [1.29, 1.82) is 5.26 Å². The Morgan fingerprint density at radius 1 is 1.15 bits per heavy atom.